The Balaban J connectivity index is 2.44. The summed E-state index contributed by atoms with van der Waals surface area (Å²) >= 11 is 0. The molecule has 3 heteroatoms. The summed E-state index contributed by atoms with van der Waals surface area (Å²) in [4.78, 5) is 11.5. The lowest BCUT2D eigenvalue weighted by molar-refractivity contribution is 0.0971. The molecule has 0 saturated heterocycles. The molecule has 3 nitrogen and oxygen atoms in total. The molecule has 0 spiro atoms. The predicted octanol–water partition coefficient (Wildman–Crippen LogP) is 2.06. The lowest BCUT2D eigenvalue weighted by atomic mass is 9.85. The van der Waals surface area contributed by atoms with Crippen LogP contribution >= 0.6 is 0 Å². The van der Waals surface area contributed by atoms with Gasteiger partial charge in [-0.15, -0.1) is 0 Å². The maximum absolute atomic E-state index is 11.5. The number of fused-ring (bicyclic) bond motifs is 1. The second-order valence-electron chi connectivity index (χ2n) is 4.67. The summed E-state index contributed by atoms with van der Waals surface area (Å²) in [7, 11) is 0. The number of Topliss-reactive ketones (excluding diaryl/α,β-unsaturated/α-hetero) is 1. The SMILES string of the molecule is CC(C)(C)C1CC(=O)c2ccnn21. The van der Waals surface area contributed by atoms with Gasteiger partial charge in [-0.25, -0.2) is 0 Å². The first-order valence-electron chi connectivity index (χ1n) is 4.57. The number of hydrogen-bond acceptors (Lipinski definition) is 2. The van der Waals surface area contributed by atoms with Crippen LogP contribution < -0.4 is 0 Å². The van der Waals surface area contributed by atoms with Crippen LogP contribution in [0.5, 0.6) is 0 Å². The van der Waals surface area contributed by atoms with E-state index in [0.717, 1.165) is 5.69 Å². The summed E-state index contributed by atoms with van der Waals surface area (Å²) in [5.41, 5.74) is 0.868. The average molecular weight is 178 g/mol. The smallest absolute Gasteiger partial charge is 0.183 e. The van der Waals surface area contributed by atoms with Crippen LogP contribution in [0, 0.1) is 5.41 Å². The number of carbonyl (C=O) groups excluding carboxylic acids is 1. The van der Waals surface area contributed by atoms with E-state index in [1.54, 1.807) is 12.3 Å². The van der Waals surface area contributed by atoms with Crippen molar-refractivity contribution in [2.75, 3.05) is 0 Å². The highest BCUT2D eigenvalue weighted by molar-refractivity contribution is 5.96. The van der Waals surface area contributed by atoms with Crippen LogP contribution in [-0.4, -0.2) is 15.6 Å². The lowest BCUT2D eigenvalue weighted by Gasteiger charge is -2.26. The Kier molecular flexibility index (Phi) is 1.59. The molecular formula is C10H14N2O. The summed E-state index contributed by atoms with van der Waals surface area (Å²) in [5.74, 6) is 0.220. The number of carbonyl (C=O) groups is 1. The van der Waals surface area contributed by atoms with Crippen molar-refractivity contribution < 1.29 is 4.79 Å². The fraction of sp³-hybridized carbons (Fsp3) is 0.600. The van der Waals surface area contributed by atoms with Gasteiger partial charge in [-0.1, -0.05) is 20.8 Å². The van der Waals surface area contributed by atoms with Crippen molar-refractivity contribution in [2.45, 2.75) is 33.2 Å². The third-order valence-corrected chi connectivity index (χ3v) is 2.63. The zero-order valence-electron chi connectivity index (χ0n) is 8.24. The van der Waals surface area contributed by atoms with Gasteiger partial charge in [0.05, 0.1) is 6.04 Å². The first kappa shape index (κ1) is 8.48. The van der Waals surface area contributed by atoms with Gasteiger partial charge >= 0.3 is 0 Å². The monoisotopic (exact) mass is 178 g/mol. The maximum Gasteiger partial charge on any atom is 0.183 e. The molecular weight excluding hydrogens is 164 g/mol. The molecule has 70 valence electrons. The highest BCUT2D eigenvalue weighted by atomic mass is 16.1. The number of rotatable bonds is 0. The molecule has 2 heterocycles. The Bertz CT molecular complexity index is 346. The standard InChI is InChI=1S/C10H14N2O/c1-10(2,3)9-6-8(13)7-4-5-11-12(7)9/h4-5,9H,6H2,1-3H3. The molecule has 1 atom stereocenters. The first-order valence-corrected chi connectivity index (χ1v) is 4.57. The molecule has 0 aliphatic carbocycles. The lowest BCUT2D eigenvalue weighted by Crippen LogP contribution is -2.22. The van der Waals surface area contributed by atoms with Crippen LogP contribution in [0.15, 0.2) is 12.3 Å². The Hall–Kier alpha value is -1.12. The summed E-state index contributed by atoms with van der Waals surface area (Å²) in [6.07, 6.45) is 2.30. The number of nitrogens with zero attached hydrogens (tertiary/aromatic N) is 2. The van der Waals surface area contributed by atoms with E-state index in [1.807, 2.05) is 4.68 Å². The van der Waals surface area contributed by atoms with Crippen molar-refractivity contribution >= 4 is 5.78 Å². The Morgan fingerprint density at radius 1 is 1.54 bits per heavy atom. The minimum absolute atomic E-state index is 0.104. The van der Waals surface area contributed by atoms with E-state index >= 15 is 0 Å². The maximum atomic E-state index is 11.5. The van der Waals surface area contributed by atoms with Crippen LogP contribution in [-0.2, 0) is 0 Å². The molecule has 0 radical (unpaired) electrons. The van der Waals surface area contributed by atoms with Crippen molar-refractivity contribution in [3.63, 3.8) is 0 Å². The molecule has 0 bridgehead atoms. The fourth-order valence-corrected chi connectivity index (χ4v) is 1.82. The molecule has 1 aromatic rings. The van der Waals surface area contributed by atoms with Gasteiger partial charge in [-0.3, -0.25) is 9.48 Å². The number of aromatic nitrogens is 2. The molecule has 0 aromatic carbocycles. The quantitative estimate of drug-likeness (QED) is 0.609. The van der Waals surface area contributed by atoms with Crippen LogP contribution in [0.2, 0.25) is 0 Å². The molecule has 1 aliphatic heterocycles. The molecule has 2 rings (SSSR count). The van der Waals surface area contributed by atoms with Crippen LogP contribution in [0.4, 0.5) is 0 Å². The second kappa shape index (κ2) is 2.44. The average Bonchev–Trinajstić information content (AvgIpc) is 2.51. The van der Waals surface area contributed by atoms with Crippen molar-refractivity contribution in [3.8, 4) is 0 Å². The van der Waals surface area contributed by atoms with E-state index in [1.165, 1.54) is 0 Å². The molecule has 1 aromatic heterocycles. The molecule has 0 fully saturated rings. The van der Waals surface area contributed by atoms with Crippen LogP contribution in [0.1, 0.15) is 43.7 Å². The molecule has 1 unspecified atom stereocenters. The van der Waals surface area contributed by atoms with Crippen LogP contribution in [0.25, 0.3) is 0 Å². The fourth-order valence-electron chi connectivity index (χ4n) is 1.82. The summed E-state index contributed by atoms with van der Waals surface area (Å²) in [5, 5.41) is 4.19. The van der Waals surface area contributed by atoms with Crippen molar-refractivity contribution in [1.29, 1.82) is 0 Å². The van der Waals surface area contributed by atoms with Gasteiger partial charge in [0.1, 0.15) is 5.69 Å². The molecule has 0 amide bonds. The number of hydrogen-bond donors (Lipinski definition) is 0. The topological polar surface area (TPSA) is 34.9 Å². The summed E-state index contributed by atoms with van der Waals surface area (Å²) in [6, 6.07) is 2.03. The van der Waals surface area contributed by atoms with E-state index in [9.17, 15) is 4.79 Å². The van der Waals surface area contributed by atoms with Gasteiger partial charge in [0.2, 0.25) is 0 Å². The highest BCUT2D eigenvalue weighted by Crippen LogP contribution is 2.38. The van der Waals surface area contributed by atoms with Crippen LogP contribution in [0.3, 0.4) is 0 Å². The molecule has 0 N–H and O–H groups in total. The van der Waals surface area contributed by atoms with E-state index in [4.69, 9.17) is 0 Å². The van der Waals surface area contributed by atoms with Crippen molar-refractivity contribution in [1.82, 2.24) is 9.78 Å². The van der Waals surface area contributed by atoms with Crippen molar-refractivity contribution in [2.24, 2.45) is 5.41 Å². The van der Waals surface area contributed by atoms with Gasteiger partial charge in [-0.05, 0) is 11.5 Å². The number of ketones is 1. The molecule has 13 heavy (non-hydrogen) atoms. The summed E-state index contributed by atoms with van der Waals surface area (Å²) in [6.45, 7) is 6.42. The third kappa shape index (κ3) is 1.19. The van der Waals surface area contributed by atoms with Gasteiger partial charge in [0.25, 0.3) is 0 Å². The second-order valence-corrected chi connectivity index (χ2v) is 4.67. The Morgan fingerprint density at radius 3 is 2.85 bits per heavy atom. The molecule has 0 saturated carbocycles. The van der Waals surface area contributed by atoms with E-state index < -0.39 is 0 Å². The van der Waals surface area contributed by atoms with Crippen molar-refractivity contribution in [3.05, 3.63) is 18.0 Å². The zero-order valence-corrected chi connectivity index (χ0v) is 8.24. The normalized spacial score (nSPS) is 22.1. The minimum Gasteiger partial charge on any atom is -0.292 e. The Morgan fingerprint density at radius 2 is 2.23 bits per heavy atom. The van der Waals surface area contributed by atoms with Gasteiger partial charge < -0.3 is 0 Å². The van der Waals surface area contributed by atoms with E-state index in [2.05, 4.69) is 25.9 Å². The first-order chi connectivity index (χ1) is 6.00. The largest absolute Gasteiger partial charge is 0.292 e. The molecule has 1 aliphatic rings. The Labute approximate surface area is 77.7 Å². The summed E-state index contributed by atoms with van der Waals surface area (Å²) < 4.78 is 1.86. The third-order valence-electron chi connectivity index (χ3n) is 2.63. The minimum atomic E-state index is 0.104. The van der Waals surface area contributed by atoms with E-state index in [0.29, 0.717) is 6.42 Å². The van der Waals surface area contributed by atoms with E-state index in [-0.39, 0.29) is 17.2 Å². The van der Waals surface area contributed by atoms with Gasteiger partial charge in [0, 0.05) is 12.6 Å². The zero-order chi connectivity index (χ0) is 9.64. The van der Waals surface area contributed by atoms with Gasteiger partial charge in [0.15, 0.2) is 5.78 Å². The highest BCUT2D eigenvalue weighted by Gasteiger charge is 2.37. The predicted molar refractivity (Wildman–Crippen MR) is 49.7 cm³/mol. The van der Waals surface area contributed by atoms with Gasteiger partial charge in [-0.2, -0.15) is 5.10 Å².